The van der Waals surface area contributed by atoms with Crippen molar-refractivity contribution in [3.05, 3.63) is 78.1 Å². The largest absolute Gasteiger partial charge is 0.410 e. The van der Waals surface area contributed by atoms with E-state index in [1.807, 2.05) is 42.5 Å². The first-order chi connectivity index (χ1) is 12.8. The second-order valence-corrected chi connectivity index (χ2v) is 13.4. The molecule has 4 heteroatoms. The van der Waals surface area contributed by atoms with Gasteiger partial charge >= 0.3 is 0 Å². The van der Waals surface area contributed by atoms with Gasteiger partial charge in [0, 0.05) is 23.4 Å². The van der Waals surface area contributed by atoms with Crippen LogP contribution in [0.3, 0.4) is 0 Å². The number of hydrogen-bond donors (Lipinski definition) is 1. The molecule has 0 unspecified atom stereocenters. The Morgan fingerprint density at radius 3 is 2.15 bits per heavy atom. The van der Waals surface area contributed by atoms with Gasteiger partial charge in [0.25, 0.3) is 0 Å². The van der Waals surface area contributed by atoms with E-state index in [1.165, 1.54) is 0 Å². The van der Waals surface area contributed by atoms with E-state index in [1.54, 1.807) is 0 Å². The van der Waals surface area contributed by atoms with Gasteiger partial charge in [-0.05, 0) is 10.6 Å². The maximum absolute atomic E-state index is 5.62. The summed E-state index contributed by atoms with van der Waals surface area (Å²) in [6.45, 7) is 11.6. The van der Waals surface area contributed by atoms with Gasteiger partial charge in [-0.25, -0.2) is 0 Å². The van der Waals surface area contributed by atoms with E-state index in [2.05, 4.69) is 74.3 Å². The highest BCUT2D eigenvalue weighted by Crippen LogP contribution is 2.35. The summed E-state index contributed by atoms with van der Waals surface area (Å²) in [7, 11) is -1.74. The Labute approximate surface area is 163 Å². The van der Waals surface area contributed by atoms with Crippen molar-refractivity contribution in [3.63, 3.8) is 0 Å². The van der Waals surface area contributed by atoms with Crippen LogP contribution in [0.4, 0.5) is 0 Å². The summed E-state index contributed by atoms with van der Waals surface area (Å²) >= 11 is 0. The Morgan fingerprint density at radius 2 is 1.56 bits per heavy atom. The SMILES string of the molecule is CC(C)(C)[Si](C)(C)N/C(=C\c1cc(-c2ccccc2)no1)c1ccccc1. The summed E-state index contributed by atoms with van der Waals surface area (Å²) in [5.41, 5.74) is 4.14. The number of rotatable bonds is 5. The van der Waals surface area contributed by atoms with Crippen molar-refractivity contribution in [2.75, 3.05) is 0 Å². The third kappa shape index (κ3) is 4.58. The molecule has 0 aliphatic rings. The Balaban J connectivity index is 1.97. The number of hydrogen-bond acceptors (Lipinski definition) is 3. The van der Waals surface area contributed by atoms with E-state index in [9.17, 15) is 0 Å². The van der Waals surface area contributed by atoms with Crippen LogP contribution in [0.25, 0.3) is 23.0 Å². The van der Waals surface area contributed by atoms with Gasteiger partial charge in [-0.3, -0.25) is 0 Å². The molecule has 0 saturated heterocycles. The predicted molar refractivity (Wildman–Crippen MR) is 117 cm³/mol. The summed E-state index contributed by atoms with van der Waals surface area (Å²) in [5.74, 6) is 0.749. The first-order valence-corrected chi connectivity index (χ1v) is 12.3. The van der Waals surface area contributed by atoms with Crippen LogP contribution in [0.15, 0.2) is 71.3 Å². The number of benzene rings is 2. The molecule has 2 aromatic carbocycles. The lowest BCUT2D eigenvalue weighted by molar-refractivity contribution is 0.415. The zero-order valence-corrected chi connectivity index (χ0v) is 17.8. The average Bonchev–Trinajstić information content (AvgIpc) is 3.10. The molecule has 0 bridgehead atoms. The van der Waals surface area contributed by atoms with Crippen molar-refractivity contribution in [1.82, 2.24) is 10.1 Å². The summed E-state index contributed by atoms with van der Waals surface area (Å²) in [4.78, 5) is 3.86. The topological polar surface area (TPSA) is 38.1 Å². The molecular weight excluding hydrogens is 348 g/mol. The molecule has 0 radical (unpaired) electrons. The number of nitrogens with zero attached hydrogens (tertiary/aromatic N) is 1. The van der Waals surface area contributed by atoms with E-state index >= 15 is 0 Å². The van der Waals surface area contributed by atoms with Crippen LogP contribution in [0, 0.1) is 0 Å². The van der Waals surface area contributed by atoms with Crippen molar-refractivity contribution >= 4 is 20.0 Å². The first-order valence-electron chi connectivity index (χ1n) is 9.34. The van der Waals surface area contributed by atoms with Gasteiger partial charge in [-0.2, -0.15) is 0 Å². The van der Waals surface area contributed by atoms with E-state index in [-0.39, 0.29) is 5.04 Å². The zero-order chi connectivity index (χ0) is 19.5. The quantitative estimate of drug-likeness (QED) is 0.521. The normalized spacial score (nSPS) is 12.9. The summed E-state index contributed by atoms with van der Waals surface area (Å²) in [5, 5.41) is 4.46. The predicted octanol–water partition coefficient (Wildman–Crippen LogP) is 6.43. The highest BCUT2D eigenvalue weighted by atomic mass is 28.3. The number of aromatic nitrogens is 1. The highest BCUT2D eigenvalue weighted by molar-refractivity contribution is 6.79. The smallest absolute Gasteiger partial charge is 0.162 e. The Kier molecular flexibility index (Phi) is 5.37. The molecule has 140 valence electrons. The Morgan fingerprint density at radius 1 is 0.963 bits per heavy atom. The van der Waals surface area contributed by atoms with Crippen LogP contribution >= 0.6 is 0 Å². The van der Waals surface area contributed by atoms with E-state index < -0.39 is 8.24 Å². The van der Waals surface area contributed by atoms with Gasteiger partial charge in [-0.15, -0.1) is 0 Å². The van der Waals surface area contributed by atoms with Gasteiger partial charge in [0.15, 0.2) is 14.0 Å². The molecule has 0 fully saturated rings. The molecule has 0 spiro atoms. The third-order valence-corrected chi connectivity index (χ3v) is 9.94. The van der Waals surface area contributed by atoms with Gasteiger partial charge in [0.05, 0.1) is 0 Å². The molecule has 3 nitrogen and oxygen atoms in total. The molecule has 3 rings (SSSR count). The Hall–Kier alpha value is -2.59. The lowest BCUT2D eigenvalue weighted by atomic mass is 10.1. The van der Waals surface area contributed by atoms with E-state index in [4.69, 9.17) is 4.52 Å². The number of nitrogens with one attached hydrogen (secondary N) is 1. The molecule has 0 amide bonds. The van der Waals surface area contributed by atoms with Crippen molar-refractivity contribution in [2.24, 2.45) is 0 Å². The molecule has 1 N–H and O–H groups in total. The van der Waals surface area contributed by atoms with Crippen LogP contribution in [0.2, 0.25) is 18.1 Å². The van der Waals surface area contributed by atoms with Crippen molar-refractivity contribution in [3.8, 4) is 11.3 Å². The second-order valence-electron chi connectivity index (χ2n) is 8.40. The van der Waals surface area contributed by atoms with Gasteiger partial charge in [-0.1, -0.05) is 99.7 Å². The maximum Gasteiger partial charge on any atom is 0.162 e. The zero-order valence-electron chi connectivity index (χ0n) is 16.8. The molecule has 0 aliphatic carbocycles. The minimum Gasteiger partial charge on any atom is -0.410 e. The average molecular weight is 377 g/mol. The van der Waals surface area contributed by atoms with Gasteiger partial charge in [0.2, 0.25) is 0 Å². The fourth-order valence-corrected chi connectivity index (χ4v) is 3.84. The minimum atomic E-state index is -1.74. The van der Waals surface area contributed by atoms with Gasteiger partial charge in [0.1, 0.15) is 5.69 Å². The van der Waals surface area contributed by atoms with Crippen LogP contribution < -0.4 is 4.98 Å². The fourth-order valence-electron chi connectivity index (χ4n) is 2.58. The lowest BCUT2D eigenvalue weighted by Gasteiger charge is -2.38. The fraction of sp³-hybridized carbons (Fsp3) is 0.261. The van der Waals surface area contributed by atoms with E-state index in [0.717, 1.165) is 28.3 Å². The van der Waals surface area contributed by atoms with Crippen LogP contribution in [-0.4, -0.2) is 13.4 Å². The molecule has 0 aliphatic heterocycles. The molecule has 1 aromatic heterocycles. The molecule has 27 heavy (non-hydrogen) atoms. The van der Waals surface area contributed by atoms with Crippen molar-refractivity contribution in [1.29, 1.82) is 0 Å². The minimum absolute atomic E-state index is 0.220. The summed E-state index contributed by atoms with van der Waals surface area (Å²) < 4.78 is 5.62. The standard InChI is InChI=1S/C23H28N2OSi/c1-23(2,3)27(4,5)25-22(19-14-10-7-11-15-19)17-20-16-21(24-26-20)18-12-8-6-9-13-18/h6-17,25H,1-5H3/b22-17-. The molecule has 1 heterocycles. The first kappa shape index (κ1) is 19.2. The lowest BCUT2D eigenvalue weighted by Crippen LogP contribution is -2.50. The van der Waals surface area contributed by atoms with E-state index in [0.29, 0.717) is 0 Å². The van der Waals surface area contributed by atoms with Crippen molar-refractivity contribution < 1.29 is 4.52 Å². The Bertz CT molecular complexity index is 906. The van der Waals surface area contributed by atoms with Gasteiger partial charge < -0.3 is 9.51 Å². The monoisotopic (exact) mass is 376 g/mol. The molecule has 0 atom stereocenters. The maximum atomic E-state index is 5.62. The molecular formula is C23H28N2OSi. The highest BCUT2D eigenvalue weighted by Gasteiger charge is 2.36. The summed E-state index contributed by atoms with van der Waals surface area (Å²) in [6.07, 6.45) is 2.06. The van der Waals surface area contributed by atoms with Crippen molar-refractivity contribution in [2.45, 2.75) is 38.9 Å². The third-order valence-electron chi connectivity index (χ3n) is 5.29. The van der Waals surface area contributed by atoms with Crippen LogP contribution in [0.5, 0.6) is 0 Å². The molecule has 3 aromatic rings. The second kappa shape index (κ2) is 7.57. The summed E-state index contributed by atoms with van der Waals surface area (Å²) in [6, 6.07) is 22.5. The van der Waals surface area contributed by atoms with Crippen LogP contribution in [0.1, 0.15) is 32.1 Å². The molecule has 0 saturated carbocycles. The van der Waals surface area contributed by atoms with Crippen LogP contribution in [-0.2, 0) is 0 Å².